The molecule has 5 nitrogen and oxygen atoms in total. The summed E-state index contributed by atoms with van der Waals surface area (Å²) in [6, 6.07) is 11.7. The molecule has 0 aliphatic rings. The van der Waals surface area contributed by atoms with Crippen molar-refractivity contribution in [1.82, 2.24) is 10.2 Å². The topological polar surface area (TPSA) is 83.8 Å². The second kappa shape index (κ2) is 7.03. The molecule has 3 aromatic rings. The summed E-state index contributed by atoms with van der Waals surface area (Å²) in [6.45, 7) is 2.47. The number of fused-ring (bicyclic) bond motifs is 1. The quantitative estimate of drug-likeness (QED) is 0.653. The van der Waals surface area contributed by atoms with Gasteiger partial charge in [0.2, 0.25) is 5.91 Å². The van der Waals surface area contributed by atoms with Crippen molar-refractivity contribution in [2.75, 3.05) is 5.32 Å². The first kappa shape index (κ1) is 16.5. The van der Waals surface area contributed by atoms with Crippen molar-refractivity contribution >= 4 is 34.2 Å². The number of amides is 1. The van der Waals surface area contributed by atoms with E-state index >= 15 is 0 Å². The largest absolute Gasteiger partial charge is 0.326 e. The number of aromatic nitrogens is 2. The van der Waals surface area contributed by atoms with Gasteiger partial charge < -0.3 is 11.1 Å². The van der Waals surface area contributed by atoms with Crippen LogP contribution in [0.4, 0.5) is 5.82 Å². The van der Waals surface area contributed by atoms with Gasteiger partial charge in [-0.15, -0.1) is 0 Å². The average Bonchev–Trinajstić information content (AvgIpc) is 2.96. The number of H-pyrrole nitrogens is 1. The molecule has 0 saturated heterocycles. The summed E-state index contributed by atoms with van der Waals surface area (Å²) in [5.74, 6) is 0.481. The van der Waals surface area contributed by atoms with Crippen LogP contribution in [0.3, 0.4) is 0 Å². The molecule has 1 aromatic heterocycles. The number of anilines is 1. The highest BCUT2D eigenvalue weighted by molar-refractivity contribution is 6.34. The van der Waals surface area contributed by atoms with Crippen LogP contribution in [0.1, 0.15) is 25.3 Å². The van der Waals surface area contributed by atoms with Gasteiger partial charge in [-0.2, -0.15) is 5.10 Å². The molecule has 0 fully saturated rings. The van der Waals surface area contributed by atoms with E-state index in [1.807, 2.05) is 43.3 Å². The SMILES string of the molecule is CCCC(=O)Nc1n[nH]c2cc(Cl)c(-c3ccc(CN)cc3)cc12. The van der Waals surface area contributed by atoms with Crippen molar-refractivity contribution < 1.29 is 4.79 Å². The third-order valence-electron chi connectivity index (χ3n) is 3.89. The predicted molar refractivity (Wildman–Crippen MR) is 98.0 cm³/mol. The first-order chi connectivity index (χ1) is 11.6. The number of carbonyl (C=O) groups excluding carboxylic acids is 1. The molecule has 1 amide bonds. The van der Waals surface area contributed by atoms with E-state index in [0.29, 0.717) is 23.8 Å². The van der Waals surface area contributed by atoms with Crippen molar-refractivity contribution in [2.24, 2.45) is 5.73 Å². The minimum Gasteiger partial charge on any atom is -0.326 e. The summed E-state index contributed by atoms with van der Waals surface area (Å²) < 4.78 is 0. The van der Waals surface area contributed by atoms with Crippen molar-refractivity contribution in [3.8, 4) is 11.1 Å². The molecule has 3 rings (SSSR count). The smallest absolute Gasteiger partial charge is 0.225 e. The molecule has 0 unspecified atom stereocenters. The number of hydrogen-bond acceptors (Lipinski definition) is 3. The molecule has 1 heterocycles. The van der Waals surface area contributed by atoms with E-state index in [2.05, 4.69) is 15.5 Å². The number of nitrogens with one attached hydrogen (secondary N) is 2. The van der Waals surface area contributed by atoms with Gasteiger partial charge in [0.15, 0.2) is 5.82 Å². The Morgan fingerprint density at radius 1 is 1.29 bits per heavy atom. The minimum absolute atomic E-state index is 0.0466. The van der Waals surface area contributed by atoms with Gasteiger partial charge in [0.1, 0.15) is 0 Å². The average molecular weight is 343 g/mol. The predicted octanol–water partition coefficient (Wildman–Crippen LogP) is 4.08. The van der Waals surface area contributed by atoms with Gasteiger partial charge in [-0.3, -0.25) is 9.89 Å². The minimum atomic E-state index is -0.0466. The molecule has 124 valence electrons. The second-order valence-corrected chi connectivity index (χ2v) is 6.06. The number of hydrogen-bond donors (Lipinski definition) is 3. The fourth-order valence-electron chi connectivity index (χ4n) is 2.60. The lowest BCUT2D eigenvalue weighted by Gasteiger charge is -2.07. The van der Waals surface area contributed by atoms with Gasteiger partial charge in [-0.05, 0) is 29.7 Å². The van der Waals surface area contributed by atoms with E-state index in [0.717, 1.165) is 34.0 Å². The highest BCUT2D eigenvalue weighted by atomic mass is 35.5. The third-order valence-corrected chi connectivity index (χ3v) is 4.20. The summed E-state index contributed by atoms with van der Waals surface area (Å²) >= 11 is 6.42. The number of rotatable bonds is 5. The van der Waals surface area contributed by atoms with Crippen molar-refractivity contribution in [2.45, 2.75) is 26.3 Å². The molecule has 0 spiro atoms. The number of benzene rings is 2. The van der Waals surface area contributed by atoms with E-state index in [1.165, 1.54) is 0 Å². The Morgan fingerprint density at radius 3 is 2.71 bits per heavy atom. The van der Waals surface area contributed by atoms with Crippen LogP contribution in [0.2, 0.25) is 5.02 Å². The molecule has 4 N–H and O–H groups in total. The molecular weight excluding hydrogens is 324 g/mol. The molecule has 0 radical (unpaired) electrons. The zero-order chi connectivity index (χ0) is 17.1. The van der Waals surface area contributed by atoms with Gasteiger partial charge in [-0.1, -0.05) is 42.8 Å². The lowest BCUT2D eigenvalue weighted by Crippen LogP contribution is -2.11. The van der Waals surface area contributed by atoms with E-state index in [9.17, 15) is 4.79 Å². The van der Waals surface area contributed by atoms with Crippen LogP contribution in [0, 0.1) is 0 Å². The molecule has 0 saturated carbocycles. The van der Waals surface area contributed by atoms with E-state index < -0.39 is 0 Å². The van der Waals surface area contributed by atoms with E-state index in [-0.39, 0.29) is 5.91 Å². The maximum Gasteiger partial charge on any atom is 0.225 e. The Morgan fingerprint density at radius 2 is 2.04 bits per heavy atom. The zero-order valence-corrected chi connectivity index (χ0v) is 14.2. The summed E-state index contributed by atoms with van der Waals surface area (Å²) in [7, 11) is 0. The number of nitrogens with zero attached hydrogens (tertiary/aromatic N) is 1. The molecular formula is C18H19ClN4O. The lowest BCUT2D eigenvalue weighted by molar-refractivity contribution is -0.116. The monoisotopic (exact) mass is 342 g/mol. The van der Waals surface area contributed by atoms with Gasteiger partial charge in [0.05, 0.1) is 10.5 Å². The summed E-state index contributed by atoms with van der Waals surface area (Å²) in [5.41, 5.74) is 9.37. The van der Waals surface area contributed by atoms with Gasteiger partial charge >= 0.3 is 0 Å². The first-order valence-electron chi connectivity index (χ1n) is 7.89. The Kier molecular flexibility index (Phi) is 4.83. The van der Waals surface area contributed by atoms with Crippen LogP contribution in [0.25, 0.3) is 22.0 Å². The van der Waals surface area contributed by atoms with Crippen LogP contribution in [0.15, 0.2) is 36.4 Å². The van der Waals surface area contributed by atoms with Crippen LogP contribution >= 0.6 is 11.6 Å². The number of carbonyl (C=O) groups is 1. The van der Waals surface area contributed by atoms with Crippen molar-refractivity contribution in [3.05, 3.63) is 47.0 Å². The maximum absolute atomic E-state index is 11.8. The van der Waals surface area contributed by atoms with Crippen LogP contribution in [-0.4, -0.2) is 16.1 Å². The maximum atomic E-state index is 11.8. The molecule has 6 heteroatoms. The molecule has 0 atom stereocenters. The molecule has 24 heavy (non-hydrogen) atoms. The first-order valence-corrected chi connectivity index (χ1v) is 8.27. The Bertz CT molecular complexity index is 871. The Labute approximate surface area is 145 Å². The van der Waals surface area contributed by atoms with E-state index in [4.69, 9.17) is 17.3 Å². The van der Waals surface area contributed by atoms with Gasteiger partial charge in [-0.25, -0.2) is 0 Å². The third kappa shape index (κ3) is 3.27. The fourth-order valence-corrected chi connectivity index (χ4v) is 2.87. The number of aromatic amines is 1. The number of halogens is 1. The highest BCUT2D eigenvalue weighted by Crippen LogP contribution is 2.34. The van der Waals surface area contributed by atoms with Crippen LogP contribution in [-0.2, 0) is 11.3 Å². The van der Waals surface area contributed by atoms with Crippen LogP contribution in [0.5, 0.6) is 0 Å². The molecule has 2 aromatic carbocycles. The van der Waals surface area contributed by atoms with Crippen molar-refractivity contribution in [3.63, 3.8) is 0 Å². The summed E-state index contributed by atoms with van der Waals surface area (Å²) in [6.07, 6.45) is 1.26. The molecule has 0 bridgehead atoms. The number of nitrogens with two attached hydrogens (primary N) is 1. The van der Waals surface area contributed by atoms with Crippen LogP contribution < -0.4 is 11.1 Å². The molecule has 0 aliphatic heterocycles. The lowest BCUT2D eigenvalue weighted by atomic mass is 10.0. The second-order valence-electron chi connectivity index (χ2n) is 5.65. The summed E-state index contributed by atoms with van der Waals surface area (Å²) in [4.78, 5) is 11.8. The standard InChI is InChI=1S/C18H19ClN4O/c1-2-3-17(24)21-18-14-8-13(15(19)9-16(14)22-23-18)12-6-4-11(10-20)5-7-12/h4-9H,2-3,10,20H2,1H3,(H2,21,22,23,24). The van der Waals surface area contributed by atoms with Crippen molar-refractivity contribution in [1.29, 1.82) is 0 Å². The highest BCUT2D eigenvalue weighted by Gasteiger charge is 2.13. The zero-order valence-electron chi connectivity index (χ0n) is 13.4. The Hall–Kier alpha value is -2.37. The Balaban J connectivity index is 2.02. The van der Waals surface area contributed by atoms with Gasteiger partial charge in [0, 0.05) is 23.9 Å². The normalized spacial score (nSPS) is 11.0. The molecule has 0 aliphatic carbocycles. The van der Waals surface area contributed by atoms with E-state index in [1.54, 1.807) is 0 Å². The summed E-state index contributed by atoms with van der Waals surface area (Å²) in [5, 5.41) is 11.4. The fraction of sp³-hybridized carbons (Fsp3) is 0.222. The van der Waals surface area contributed by atoms with Gasteiger partial charge in [0.25, 0.3) is 0 Å².